The van der Waals surface area contributed by atoms with E-state index < -0.39 is 5.41 Å². The van der Waals surface area contributed by atoms with Crippen LogP contribution in [0.15, 0.2) is 24.3 Å². The molecule has 0 spiro atoms. The minimum atomic E-state index is -1.11. The highest BCUT2D eigenvalue weighted by Gasteiger charge is 2.40. The summed E-state index contributed by atoms with van der Waals surface area (Å²) < 4.78 is 5.60. The zero-order valence-electron chi connectivity index (χ0n) is 16.5. The second-order valence-corrected chi connectivity index (χ2v) is 7.50. The second-order valence-electron chi connectivity index (χ2n) is 7.50. The SMILES string of the molecule is CCN1CCN(C(=O)C(C)(C)C(=O)Nc2ccc(OC(C)C)cc2)CC1. The van der Waals surface area contributed by atoms with Gasteiger partial charge >= 0.3 is 0 Å². The predicted molar refractivity (Wildman–Crippen MR) is 103 cm³/mol. The number of nitrogens with one attached hydrogen (secondary N) is 1. The molecule has 1 N–H and O–H groups in total. The normalized spacial score (nSPS) is 15.8. The lowest BCUT2D eigenvalue weighted by Crippen LogP contribution is -2.54. The summed E-state index contributed by atoms with van der Waals surface area (Å²) in [6.45, 7) is 13.5. The van der Waals surface area contributed by atoms with Gasteiger partial charge in [0.25, 0.3) is 0 Å². The number of amides is 2. The fraction of sp³-hybridized carbons (Fsp3) is 0.600. The molecule has 2 rings (SSSR count). The molecule has 0 bridgehead atoms. The van der Waals surface area contributed by atoms with Crippen molar-refractivity contribution in [2.45, 2.75) is 40.7 Å². The van der Waals surface area contributed by atoms with E-state index in [1.807, 2.05) is 26.0 Å². The second kappa shape index (κ2) is 8.54. The first-order valence-corrected chi connectivity index (χ1v) is 9.34. The van der Waals surface area contributed by atoms with Crippen LogP contribution in [0.25, 0.3) is 0 Å². The molecule has 6 nitrogen and oxygen atoms in total. The van der Waals surface area contributed by atoms with E-state index in [1.54, 1.807) is 30.9 Å². The summed E-state index contributed by atoms with van der Waals surface area (Å²) in [5.74, 6) is 0.339. The van der Waals surface area contributed by atoms with Crippen LogP contribution in [0.1, 0.15) is 34.6 Å². The maximum absolute atomic E-state index is 12.8. The van der Waals surface area contributed by atoms with Crippen molar-refractivity contribution in [3.63, 3.8) is 0 Å². The third kappa shape index (κ3) is 4.97. The molecule has 1 aliphatic rings. The van der Waals surface area contributed by atoms with E-state index in [0.29, 0.717) is 18.8 Å². The molecule has 0 radical (unpaired) electrons. The van der Waals surface area contributed by atoms with Gasteiger partial charge in [0, 0.05) is 31.9 Å². The van der Waals surface area contributed by atoms with Crippen molar-refractivity contribution < 1.29 is 14.3 Å². The van der Waals surface area contributed by atoms with E-state index in [4.69, 9.17) is 4.74 Å². The zero-order valence-corrected chi connectivity index (χ0v) is 16.5. The third-order valence-electron chi connectivity index (χ3n) is 4.69. The molecular weight excluding hydrogens is 330 g/mol. The van der Waals surface area contributed by atoms with Crippen molar-refractivity contribution in [1.29, 1.82) is 0 Å². The lowest BCUT2D eigenvalue weighted by atomic mass is 9.89. The Kier molecular flexibility index (Phi) is 6.64. The van der Waals surface area contributed by atoms with Gasteiger partial charge in [-0.25, -0.2) is 0 Å². The predicted octanol–water partition coefficient (Wildman–Crippen LogP) is 2.60. The average Bonchev–Trinajstić information content (AvgIpc) is 2.62. The van der Waals surface area contributed by atoms with Gasteiger partial charge in [-0.15, -0.1) is 0 Å². The van der Waals surface area contributed by atoms with Crippen molar-refractivity contribution in [3.05, 3.63) is 24.3 Å². The van der Waals surface area contributed by atoms with Gasteiger partial charge in [-0.2, -0.15) is 0 Å². The summed E-state index contributed by atoms with van der Waals surface area (Å²) in [4.78, 5) is 29.6. The van der Waals surface area contributed by atoms with Crippen LogP contribution in [-0.2, 0) is 9.59 Å². The summed E-state index contributed by atoms with van der Waals surface area (Å²) in [7, 11) is 0. The van der Waals surface area contributed by atoms with E-state index in [9.17, 15) is 9.59 Å². The monoisotopic (exact) mass is 361 g/mol. The van der Waals surface area contributed by atoms with Gasteiger partial charge in [-0.05, 0) is 58.5 Å². The lowest BCUT2D eigenvalue weighted by molar-refractivity contribution is -0.147. The number of hydrogen-bond acceptors (Lipinski definition) is 4. The van der Waals surface area contributed by atoms with Gasteiger partial charge in [0.15, 0.2) is 0 Å². The van der Waals surface area contributed by atoms with Crippen LogP contribution >= 0.6 is 0 Å². The highest BCUT2D eigenvalue weighted by Crippen LogP contribution is 2.24. The first kappa shape index (κ1) is 20.2. The van der Waals surface area contributed by atoms with E-state index >= 15 is 0 Å². The Morgan fingerprint density at radius 3 is 2.19 bits per heavy atom. The van der Waals surface area contributed by atoms with Crippen molar-refractivity contribution >= 4 is 17.5 Å². The third-order valence-corrected chi connectivity index (χ3v) is 4.69. The van der Waals surface area contributed by atoms with Gasteiger partial charge in [-0.1, -0.05) is 6.92 Å². The minimum absolute atomic E-state index is 0.0974. The van der Waals surface area contributed by atoms with Crippen LogP contribution in [0.2, 0.25) is 0 Å². The Balaban J connectivity index is 1.97. The number of piperazine rings is 1. The topological polar surface area (TPSA) is 61.9 Å². The van der Waals surface area contributed by atoms with Crippen LogP contribution in [-0.4, -0.2) is 60.4 Å². The van der Waals surface area contributed by atoms with Crippen molar-refractivity contribution in [1.82, 2.24) is 9.80 Å². The number of benzene rings is 1. The Bertz CT molecular complexity index is 618. The maximum Gasteiger partial charge on any atom is 0.239 e. The van der Waals surface area contributed by atoms with E-state index in [-0.39, 0.29) is 17.9 Å². The molecule has 1 heterocycles. The summed E-state index contributed by atoms with van der Waals surface area (Å²) in [6.07, 6.45) is 0.0974. The molecule has 26 heavy (non-hydrogen) atoms. The van der Waals surface area contributed by atoms with Crippen LogP contribution < -0.4 is 10.1 Å². The van der Waals surface area contributed by atoms with Gasteiger partial charge in [0.1, 0.15) is 11.2 Å². The highest BCUT2D eigenvalue weighted by atomic mass is 16.5. The molecule has 0 atom stereocenters. The quantitative estimate of drug-likeness (QED) is 0.791. The molecule has 0 unspecified atom stereocenters. The minimum Gasteiger partial charge on any atom is -0.491 e. The standard InChI is InChI=1S/C20H31N3O3/c1-6-22-11-13-23(14-12-22)19(25)20(4,5)18(24)21-16-7-9-17(10-8-16)26-15(2)3/h7-10,15H,6,11-14H2,1-5H3,(H,21,24). The summed E-state index contributed by atoms with van der Waals surface area (Å²) in [5, 5.41) is 2.85. The van der Waals surface area contributed by atoms with Crippen LogP contribution in [0.4, 0.5) is 5.69 Å². The Morgan fingerprint density at radius 1 is 1.12 bits per heavy atom. The van der Waals surface area contributed by atoms with Gasteiger partial charge in [-0.3, -0.25) is 9.59 Å². The fourth-order valence-electron chi connectivity index (χ4n) is 2.94. The van der Waals surface area contributed by atoms with Crippen molar-refractivity contribution in [2.24, 2.45) is 5.41 Å². The molecule has 144 valence electrons. The Labute approximate surface area is 156 Å². The molecule has 0 saturated carbocycles. The zero-order chi connectivity index (χ0) is 19.3. The van der Waals surface area contributed by atoms with Gasteiger partial charge < -0.3 is 19.9 Å². The summed E-state index contributed by atoms with van der Waals surface area (Å²) in [6, 6.07) is 7.20. The van der Waals surface area contributed by atoms with Crippen molar-refractivity contribution in [2.75, 3.05) is 38.0 Å². The molecule has 2 amide bonds. The van der Waals surface area contributed by atoms with E-state index in [2.05, 4.69) is 17.1 Å². The smallest absolute Gasteiger partial charge is 0.239 e. The molecule has 0 aliphatic carbocycles. The number of likely N-dealkylation sites (N-methyl/N-ethyl adjacent to an activating group) is 1. The molecule has 1 saturated heterocycles. The molecule has 1 aromatic rings. The Morgan fingerprint density at radius 2 is 1.69 bits per heavy atom. The molecule has 6 heteroatoms. The number of rotatable bonds is 6. The van der Waals surface area contributed by atoms with Crippen LogP contribution in [0.5, 0.6) is 5.75 Å². The maximum atomic E-state index is 12.8. The molecule has 1 aromatic carbocycles. The number of anilines is 1. The highest BCUT2D eigenvalue weighted by molar-refractivity contribution is 6.09. The van der Waals surface area contributed by atoms with Crippen LogP contribution in [0.3, 0.4) is 0 Å². The first-order valence-electron chi connectivity index (χ1n) is 9.34. The number of carbonyl (C=O) groups excluding carboxylic acids is 2. The molecular formula is C20H31N3O3. The summed E-state index contributed by atoms with van der Waals surface area (Å²) >= 11 is 0. The largest absolute Gasteiger partial charge is 0.491 e. The first-order chi connectivity index (χ1) is 12.2. The lowest BCUT2D eigenvalue weighted by Gasteiger charge is -2.37. The van der Waals surface area contributed by atoms with E-state index in [1.165, 1.54) is 0 Å². The number of ether oxygens (including phenoxy) is 1. The number of nitrogens with zero attached hydrogens (tertiary/aromatic N) is 2. The number of carbonyl (C=O) groups is 2. The molecule has 0 aromatic heterocycles. The fourth-order valence-corrected chi connectivity index (χ4v) is 2.94. The Hall–Kier alpha value is -2.08. The summed E-state index contributed by atoms with van der Waals surface area (Å²) in [5.41, 5.74) is -0.454. The van der Waals surface area contributed by atoms with Gasteiger partial charge in [0.2, 0.25) is 11.8 Å². The van der Waals surface area contributed by atoms with Crippen LogP contribution in [0, 0.1) is 5.41 Å². The molecule has 1 aliphatic heterocycles. The van der Waals surface area contributed by atoms with Gasteiger partial charge in [0.05, 0.1) is 6.10 Å². The molecule has 1 fully saturated rings. The average molecular weight is 361 g/mol. The van der Waals surface area contributed by atoms with Crippen molar-refractivity contribution in [3.8, 4) is 5.75 Å². The number of hydrogen-bond donors (Lipinski definition) is 1. The van der Waals surface area contributed by atoms with E-state index in [0.717, 1.165) is 25.4 Å².